The lowest BCUT2D eigenvalue weighted by molar-refractivity contribution is 0.591. The first-order valence-corrected chi connectivity index (χ1v) is 9.11. The molecule has 120 valence electrons. The SMILES string of the molecule is CC(C)(C)c1ccc2c(c1)sc1ccc(Nc3ccccc3)cc12. The molecule has 1 aromatic heterocycles. The van der Waals surface area contributed by atoms with Crippen molar-refractivity contribution in [1.29, 1.82) is 0 Å². The molecule has 0 fully saturated rings. The molecule has 2 heteroatoms. The summed E-state index contributed by atoms with van der Waals surface area (Å²) in [4.78, 5) is 0. The molecule has 1 nitrogen and oxygen atoms in total. The van der Waals surface area contributed by atoms with Gasteiger partial charge in [-0.05, 0) is 47.4 Å². The first-order chi connectivity index (χ1) is 11.5. The second-order valence-electron chi connectivity index (χ2n) is 7.26. The average molecular weight is 331 g/mol. The van der Waals surface area contributed by atoms with Crippen LogP contribution in [0.25, 0.3) is 20.2 Å². The van der Waals surface area contributed by atoms with Gasteiger partial charge in [-0.15, -0.1) is 11.3 Å². The van der Waals surface area contributed by atoms with Crippen LogP contribution in [0.4, 0.5) is 11.4 Å². The van der Waals surface area contributed by atoms with Gasteiger partial charge in [-0.25, -0.2) is 0 Å². The molecule has 0 radical (unpaired) electrons. The summed E-state index contributed by atoms with van der Waals surface area (Å²) in [7, 11) is 0. The Labute approximate surface area is 147 Å². The summed E-state index contributed by atoms with van der Waals surface area (Å²) < 4.78 is 2.71. The van der Waals surface area contributed by atoms with E-state index in [2.05, 4.69) is 86.8 Å². The van der Waals surface area contributed by atoms with Crippen LogP contribution in [0.2, 0.25) is 0 Å². The van der Waals surface area contributed by atoms with Crippen LogP contribution in [-0.4, -0.2) is 0 Å². The maximum absolute atomic E-state index is 3.49. The van der Waals surface area contributed by atoms with Crippen LogP contribution in [0.15, 0.2) is 66.7 Å². The molecule has 4 rings (SSSR count). The molecule has 0 aliphatic heterocycles. The number of thiophene rings is 1. The molecule has 0 aliphatic carbocycles. The third kappa shape index (κ3) is 2.78. The number of fused-ring (bicyclic) bond motifs is 3. The number of hydrogen-bond donors (Lipinski definition) is 1. The summed E-state index contributed by atoms with van der Waals surface area (Å²) in [5, 5.41) is 6.17. The van der Waals surface area contributed by atoms with E-state index in [1.54, 1.807) is 0 Å². The molecule has 0 unspecified atom stereocenters. The van der Waals surface area contributed by atoms with Crippen LogP contribution >= 0.6 is 11.3 Å². The third-order valence-corrected chi connectivity index (χ3v) is 5.53. The van der Waals surface area contributed by atoms with Crippen molar-refractivity contribution >= 4 is 42.9 Å². The van der Waals surface area contributed by atoms with Crippen molar-refractivity contribution in [2.45, 2.75) is 26.2 Å². The summed E-state index contributed by atoms with van der Waals surface area (Å²) in [5.74, 6) is 0. The standard InChI is InChI=1S/C22H21NS/c1-22(2,3)15-9-11-18-19-14-17(23-16-7-5-4-6-8-16)10-12-20(19)24-21(18)13-15/h4-14,23H,1-3H3. The van der Waals surface area contributed by atoms with Gasteiger partial charge in [0.1, 0.15) is 0 Å². The minimum Gasteiger partial charge on any atom is -0.356 e. The summed E-state index contributed by atoms with van der Waals surface area (Å²) >= 11 is 1.88. The van der Waals surface area contributed by atoms with Gasteiger partial charge in [0.05, 0.1) is 0 Å². The molecule has 4 aromatic rings. The van der Waals surface area contributed by atoms with Gasteiger partial charge in [-0.3, -0.25) is 0 Å². The van der Waals surface area contributed by atoms with Crippen LogP contribution in [-0.2, 0) is 5.41 Å². The van der Waals surface area contributed by atoms with E-state index < -0.39 is 0 Å². The van der Waals surface area contributed by atoms with Crippen molar-refractivity contribution < 1.29 is 0 Å². The molecule has 1 heterocycles. The van der Waals surface area contributed by atoms with Crippen LogP contribution in [0, 0.1) is 0 Å². The van der Waals surface area contributed by atoms with Gasteiger partial charge in [0.15, 0.2) is 0 Å². The lowest BCUT2D eigenvalue weighted by Crippen LogP contribution is -2.10. The zero-order valence-electron chi connectivity index (χ0n) is 14.3. The van der Waals surface area contributed by atoms with E-state index in [1.165, 1.54) is 25.7 Å². The fourth-order valence-corrected chi connectivity index (χ4v) is 4.14. The minimum atomic E-state index is 0.185. The Kier molecular flexibility index (Phi) is 3.58. The summed E-state index contributed by atoms with van der Waals surface area (Å²) in [6, 6.07) is 23.9. The molecule has 0 spiro atoms. The third-order valence-electron chi connectivity index (χ3n) is 4.40. The number of hydrogen-bond acceptors (Lipinski definition) is 2. The van der Waals surface area contributed by atoms with E-state index >= 15 is 0 Å². The average Bonchev–Trinajstić information content (AvgIpc) is 2.92. The highest BCUT2D eigenvalue weighted by molar-refractivity contribution is 7.25. The first kappa shape index (κ1) is 15.2. The second-order valence-corrected chi connectivity index (χ2v) is 8.35. The molecule has 0 bridgehead atoms. The second kappa shape index (κ2) is 5.64. The molecular formula is C22H21NS. The molecule has 0 saturated carbocycles. The molecule has 0 saturated heterocycles. The highest BCUT2D eigenvalue weighted by atomic mass is 32.1. The van der Waals surface area contributed by atoms with E-state index in [0.717, 1.165) is 11.4 Å². The monoisotopic (exact) mass is 331 g/mol. The number of anilines is 2. The fraction of sp³-hybridized carbons (Fsp3) is 0.182. The Balaban J connectivity index is 1.80. The highest BCUT2D eigenvalue weighted by Crippen LogP contribution is 2.38. The van der Waals surface area contributed by atoms with E-state index in [1.807, 2.05) is 17.4 Å². The fourth-order valence-electron chi connectivity index (χ4n) is 3.01. The van der Waals surface area contributed by atoms with E-state index in [4.69, 9.17) is 0 Å². The zero-order valence-corrected chi connectivity index (χ0v) is 15.1. The van der Waals surface area contributed by atoms with Crippen molar-refractivity contribution in [1.82, 2.24) is 0 Å². The molecule has 0 atom stereocenters. The normalized spacial score (nSPS) is 12.0. The lowest BCUT2D eigenvalue weighted by atomic mass is 9.87. The van der Waals surface area contributed by atoms with Gasteiger partial charge >= 0.3 is 0 Å². The molecule has 1 N–H and O–H groups in total. The summed E-state index contributed by atoms with van der Waals surface area (Å²) in [6.45, 7) is 6.80. The van der Waals surface area contributed by atoms with Gasteiger partial charge in [0.25, 0.3) is 0 Å². The number of para-hydroxylation sites is 1. The Morgan fingerprint density at radius 3 is 2.25 bits per heavy atom. The first-order valence-electron chi connectivity index (χ1n) is 8.29. The van der Waals surface area contributed by atoms with Crippen LogP contribution in [0.1, 0.15) is 26.3 Å². The van der Waals surface area contributed by atoms with Crippen LogP contribution in [0.5, 0.6) is 0 Å². The lowest BCUT2D eigenvalue weighted by Gasteiger charge is -2.18. The van der Waals surface area contributed by atoms with Gasteiger partial charge < -0.3 is 5.32 Å². The summed E-state index contributed by atoms with van der Waals surface area (Å²) in [6.07, 6.45) is 0. The Morgan fingerprint density at radius 1 is 0.708 bits per heavy atom. The number of nitrogens with one attached hydrogen (secondary N) is 1. The molecular weight excluding hydrogens is 310 g/mol. The number of benzene rings is 3. The number of rotatable bonds is 2. The van der Waals surface area contributed by atoms with Gasteiger partial charge in [-0.2, -0.15) is 0 Å². The van der Waals surface area contributed by atoms with Crippen LogP contribution in [0.3, 0.4) is 0 Å². The molecule has 24 heavy (non-hydrogen) atoms. The molecule has 3 aromatic carbocycles. The summed E-state index contributed by atoms with van der Waals surface area (Å²) in [5.41, 5.74) is 3.83. The quantitative estimate of drug-likeness (QED) is 0.413. The minimum absolute atomic E-state index is 0.185. The highest BCUT2D eigenvalue weighted by Gasteiger charge is 2.15. The van der Waals surface area contributed by atoms with E-state index in [9.17, 15) is 0 Å². The predicted octanol–water partition coefficient (Wildman–Crippen LogP) is 7.10. The Hall–Kier alpha value is -2.32. The van der Waals surface area contributed by atoms with Crippen molar-refractivity contribution in [2.75, 3.05) is 5.32 Å². The zero-order chi connectivity index (χ0) is 16.7. The van der Waals surface area contributed by atoms with Gasteiger partial charge in [0.2, 0.25) is 0 Å². The van der Waals surface area contributed by atoms with Crippen molar-refractivity contribution in [2.24, 2.45) is 0 Å². The van der Waals surface area contributed by atoms with E-state index in [-0.39, 0.29) is 5.41 Å². The smallest absolute Gasteiger partial charge is 0.0391 e. The van der Waals surface area contributed by atoms with Gasteiger partial charge in [0, 0.05) is 31.5 Å². The Morgan fingerprint density at radius 2 is 1.50 bits per heavy atom. The predicted molar refractivity (Wildman–Crippen MR) is 108 cm³/mol. The topological polar surface area (TPSA) is 12.0 Å². The maximum Gasteiger partial charge on any atom is 0.0391 e. The van der Waals surface area contributed by atoms with Crippen molar-refractivity contribution in [3.8, 4) is 0 Å². The van der Waals surface area contributed by atoms with E-state index in [0.29, 0.717) is 0 Å². The van der Waals surface area contributed by atoms with Crippen molar-refractivity contribution in [3.63, 3.8) is 0 Å². The maximum atomic E-state index is 3.49. The van der Waals surface area contributed by atoms with Gasteiger partial charge in [-0.1, -0.05) is 51.1 Å². The largest absolute Gasteiger partial charge is 0.356 e. The molecule has 0 amide bonds. The van der Waals surface area contributed by atoms with Crippen LogP contribution < -0.4 is 5.32 Å². The molecule has 0 aliphatic rings. The van der Waals surface area contributed by atoms with Crippen molar-refractivity contribution in [3.05, 3.63) is 72.3 Å². The Bertz CT molecular complexity index is 1010.